The molecule has 1 atom stereocenters. The van der Waals surface area contributed by atoms with Crippen LogP contribution in [0.1, 0.15) is 24.9 Å². The van der Waals surface area contributed by atoms with Crippen LogP contribution >= 0.6 is 15.9 Å². The second kappa shape index (κ2) is 7.68. The van der Waals surface area contributed by atoms with Crippen LogP contribution < -0.4 is 20.1 Å². The summed E-state index contributed by atoms with van der Waals surface area (Å²) in [6.45, 7) is 2.72. The van der Waals surface area contributed by atoms with E-state index in [0.29, 0.717) is 23.7 Å². The average Bonchev–Trinajstić information content (AvgIpc) is 3.04. The number of ether oxygens (including phenoxy) is 2. The Hall–Kier alpha value is -2.05. The molecule has 0 saturated heterocycles. The number of nitrogens with two attached hydrogens (primary N) is 1. The number of halogens is 1. The van der Waals surface area contributed by atoms with E-state index in [1.807, 2.05) is 18.2 Å². The lowest BCUT2D eigenvalue weighted by molar-refractivity contribution is -0.686. The molecule has 2 aromatic rings. The van der Waals surface area contributed by atoms with E-state index in [9.17, 15) is 4.79 Å². The van der Waals surface area contributed by atoms with Crippen molar-refractivity contribution in [2.45, 2.75) is 19.4 Å². The van der Waals surface area contributed by atoms with E-state index in [-0.39, 0.29) is 18.7 Å². The molecular weight excluding hydrogens is 372 g/mol. The zero-order valence-corrected chi connectivity index (χ0v) is 15.0. The van der Waals surface area contributed by atoms with Gasteiger partial charge < -0.3 is 20.1 Å². The smallest absolute Gasteiger partial charge is 0.279 e. The third-order valence-corrected chi connectivity index (χ3v) is 4.51. The minimum atomic E-state index is -0.0376. The number of carbonyl (C=O) groups is 1. The third-order valence-electron chi connectivity index (χ3n) is 3.98. The van der Waals surface area contributed by atoms with Crippen LogP contribution in [0.2, 0.25) is 0 Å². The van der Waals surface area contributed by atoms with E-state index < -0.39 is 0 Å². The highest BCUT2D eigenvalue weighted by Crippen LogP contribution is 2.34. The molecule has 1 heterocycles. The SMILES string of the molecule is CC[C@H]([NH2+]CC(=O)Nc1ccc2c(c1)OCO2)c1ccc(Br)cc1. The number of fused-ring (bicyclic) bond motifs is 1. The quantitative estimate of drug-likeness (QED) is 0.795. The van der Waals surface area contributed by atoms with E-state index >= 15 is 0 Å². The Balaban J connectivity index is 1.55. The van der Waals surface area contributed by atoms with Crippen LogP contribution in [0.3, 0.4) is 0 Å². The summed E-state index contributed by atoms with van der Waals surface area (Å²) in [7, 11) is 0. The summed E-state index contributed by atoms with van der Waals surface area (Å²) in [4.78, 5) is 12.2. The summed E-state index contributed by atoms with van der Waals surface area (Å²) in [5.74, 6) is 1.34. The molecule has 126 valence electrons. The first-order valence-electron chi connectivity index (χ1n) is 7.94. The largest absolute Gasteiger partial charge is 0.454 e. The van der Waals surface area contributed by atoms with Gasteiger partial charge in [0.25, 0.3) is 5.91 Å². The molecule has 1 amide bonds. The molecule has 1 aliphatic heterocycles. The van der Waals surface area contributed by atoms with Crippen molar-refractivity contribution >= 4 is 27.5 Å². The minimum absolute atomic E-state index is 0.0376. The van der Waals surface area contributed by atoms with Crippen LogP contribution in [0.25, 0.3) is 0 Å². The molecule has 6 heteroatoms. The number of hydrogen-bond acceptors (Lipinski definition) is 3. The molecule has 0 saturated carbocycles. The van der Waals surface area contributed by atoms with Crippen LogP contribution in [-0.2, 0) is 4.79 Å². The second-order valence-corrected chi connectivity index (χ2v) is 6.54. The fourth-order valence-electron chi connectivity index (χ4n) is 2.68. The van der Waals surface area contributed by atoms with Crippen LogP contribution in [0.5, 0.6) is 11.5 Å². The van der Waals surface area contributed by atoms with Gasteiger partial charge in [-0.2, -0.15) is 0 Å². The standard InChI is InChI=1S/C18H19BrN2O3/c1-2-15(12-3-5-13(19)6-4-12)20-10-18(22)21-14-7-8-16-17(9-14)24-11-23-16/h3-9,15,20H,2,10-11H2,1H3,(H,21,22)/p+1/t15-/m0/s1. The molecule has 5 nitrogen and oxygen atoms in total. The summed E-state index contributed by atoms with van der Waals surface area (Å²) in [5.41, 5.74) is 1.94. The molecule has 0 spiro atoms. The van der Waals surface area contributed by atoms with Gasteiger partial charge >= 0.3 is 0 Å². The molecule has 0 bridgehead atoms. The first kappa shape index (κ1) is 16.8. The number of carbonyl (C=O) groups excluding carboxylic acids is 1. The van der Waals surface area contributed by atoms with Gasteiger partial charge in [0, 0.05) is 28.2 Å². The topological polar surface area (TPSA) is 64.2 Å². The number of anilines is 1. The summed E-state index contributed by atoms with van der Waals surface area (Å²) < 4.78 is 11.6. The fraction of sp³-hybridized carbons (Fsp3) is 0.278. The predicted octanol–water partition coefficient (Wildman–Crippen LogP) is 2.83. The highest BCUT2D eigenvalue weighted by molar-refractivity contribution is 9.10. The van der Waals surface area contributed by atoms with Gasteiger partial charge in [-0.15, -0.1) is 0 Å². The van der Waals surface area contributed by atoms with Crippen molar-refractivity contribution in [3.63, 3.8) is 0 Å². The zero-order valence-electron chi connectivity index (χ0n) is 13.4. The number of quaternary nitrogens is 1. The van der Waals surface area contributed by atoms with Gasteiger partial charge in [-0.3, -0.25) is 4.79 Å². The van der Waals surface area contributed by atoms with E-state index in [2.05, 4.69) is 45.6 Å². The van der Waals surface area contributed by atoms with Crippen molar-refractivity contribution in [1.82, 2.24) is 0 Å². The van der Waals surface area contributed by atoms with Gasteiger partial charge in [0.1, 0.15) is 6.04 Å². The Morgan fingerprint density at radius 1 is 1.21 bits per heavy atom. The lowest BCUT2D eigenvalue weighted by Gasteiger charge is -2.14. The Morgan fingerprint density at radius 2 is 1.96 bits per heavy atom. The number of rotatable bonds is 6. The maximum absolute atomic E-state index is 12.2. The van der Waals surface area contributed by atoms with E-state index in [1.165, 1.54) is 5.56 Å². The van der Waals surface area contributed by atoms with E-state index in [4.69, 9.17) is 9.47 Å². The number of benzene rings is 2. The van der Waals surface area contributed by atoms with Crippen molar-refractivity contribution in [3.05, 3.63) is 52.5 Å². The number of hydrogen-bond donors (Lipinski definition) is 2. The van der Waals surface area contributed by atoms with Crippen molar-refractivity contribution < 1.29 is 19.6 Å². The van der Waals surface area contributed by atoms with Gasteiger partial charge in [0.05, 0.1) is 0 Å². The Bertz CT molecular complexity index is 719. The first-order valence-corrected chi connectivity index (χ1v) is 8.73. The summed E-state index contributed by atoms with van der Waals surface area (Å²) >= 11 is 3.44. The molecule has 3 N–H and O–H groups in total. The Kier molecular flexibility index (Phi) is 5.37. The molecule has 24 heavy (non-hydrogen) atoms. The van der Waals surface area contributed by atoms with Crippen LogP contribution in [-0.4, -0.2) is 19.2 Å². The molecule has 0 aliphatic carbocycles. The van der Waals surface area contributed by atoms with Gasteiger partial charge in [-0.1, -0.05) is 35.0 Å². The Morgan fingerprint density at radius 3 is 2.71 bits per heavy atom. The van der Waals surface area contributed by atoms with Crippen molar-refractivity contribution in [2.24, 2.45) is 0 Å². The zero-order chi connectivity index (χ0) is 16.9. The summed E-state index contributed by atoms with van der Waals surface area (Å²) in [6.07, 6.45) is 0.957. The van der Waals surface area contributed by atoms with Crippen molar-refractivity contribution in [3.8, 4) is 11.5 Å². The van der Waals surface area contributed by atoms with E-state index in [0.717, 1.165) is 10.9 Å². The van der Waals surface area contributed by atoms with Crippen molar-refractivity contribution in [1.29, 1.82) is 0 Å². The summed E-state index contributed by atoms with van der Waals surface area (Å²) in [6, 6.07) is 13.9. The molecule has 0 fully saturated rings. The molecule has 3 rings (SSSR count). The third kappa shape index (κ3) is 4.07. The first-order chi connectivity index (χ1) is 11.7. The summed E-state index contributed by atoms with van der Waals surface area (Å²) in [5, 5.41) is 4.96. The molecule has 1 aliphatic rings. The average molecular weight is 392 g/mol. The maximum atomic E-state index is 12.2. The van der Waals surface area contributed by atoms with Crippen LogP contribution in [0, 0.1) is 0 Å². The highest BCUT2D eigenvalue weighted by Gasteiger charge is 2.17. The highest BCUT2D eigenvalue weighted by atomic mass is 79.9. The lowest BCUT2D eigenvalue weighted by atomic mass is 10.0. The maximum Gasteiger partial charge on any atom is 0.279 e. The van der Waals surface area contributed by atoms with Gasteiger partial charge in [0.15, 0.2) is 18.0 Å². The number of amides is 1. The fourth-order valence-corrected chi connectivity index (χ4v) is 2.95. The molecule has 0 aromatic heterocycles. The van der Waals surface area contributed by atoms with Gasteiger partial charge in [-0.05, 0) is 24.3 Å². The van der Waals surface area contributed by atoms with E-state index in [1.54, 1.807) is 12.1 Å². The van der Waals surface area contributed by atoms with Crippen molar-refractivity contribution in [2.75, 3.05) is 18.7 Å². The van der Waals surface area contributed by atoms with Crippen LogP contribution in [0.4, 0.5) is 5.69 Å². The minimum Gasteiger partial charge on any atom is -0.454 e. The second-order valence-electron chi connectivity index (χ2n) is 5.62. The monoisotopic (exact) mass is 391 g/mol. The molecule has 0 radical (unpaired) electrons. The Labute approximate surface area is 149 Å². The van der Waals surface area contributed by atoms with Crippen LogP contribution in [0.15, 0.2) is 46.9 Å². The van der Waals surface area contributed by atoms with Gasteiger partial charge in [-0.25, -0.2) is 0 Å². The molecule has 2 aromatic carbocycles. The lowest BCUT2D eigenvalue weighted by Crippen LogP contribution is -2.87. The predicted molar refractivity (Wildman–Crippen MR) is 95.2 cm³/mol. The number of nitrogens with one attached hydrogen (secondary N) is 1. The molecule has 0 unspecified atom stereocenters. The normalized spacial score (nSPS) is 13.6. The molecular formula is C18H20BrN2O3+. The van der Waals surface area contributed by atoms with Gasteiger partial charge in [0.2, 0.25) is 6.79 Å².